The Hall–Kier alpha value is -2.18. The molecular formula is C21H32O7. The predicted molar refractivity (Wildman–Crippen MR) is 102 cm³/mol. The molecule has 28 heavy (non-hydrogen) atoms. The van der Waals surface area contributed by atoms with Crippen molar-refractivity contribution in [2.45, 2.75) is 84.5 Å². The lowest BCUT2D eigenvalue weighted by Gasteiger charge is -2.22. The number of esters is 3. The van der Waals surface area contributed by atoms with Gasteiger partial charge < -0.3 is 19.0 Å². The third-order valence-corrected chi connectivity index (χ3v) is 4.83. The number of rotatable bonds is 11. The fraction of sp³-hybridized carbons (Fsp3) is 0.714. The van der Waals surface area contributed by atoms with Gasteiger partial charge in [0.25, 0.3) is 0 Å². The maximum Gasteiger partial charge on any atom is 0.303 e. The number of unbranched alkanes of at least 4 members (excludes halogenated alkanes) is 2. The van der Waals surface area contributed by atoms with Gasteiger partial charge >= 0.3 is 17.9 Å². The van der Waals surface area contributed by atoms with Gasteiger partial charge in [-0.15, -0.1) is 0 Å². The maximum atomic E-state index is 11.5. The number of carbonyl (C=O) groups is 4. The van der Waals surface area contributed by atoms with E-state index in [0.29, 0.717) is 12.8 Å². The molecule has 1 aliphatic rings. The van der Waals surface area contributed by atoms with Crippen LogP contribution in [0.4, 0.5) is 0 Å². The summed E-state index contributed by atoms with van der Waals surface area (Å²) in [6.45, 7) is 6.09. The molecule has 0 aromatic heterocycles. The number of aldehydes is 1. The van der Waals surface area contributed by atoms with E-state index < -0.39 is 24.1 Å². The normalized spacial score (nSPS) is 25.3. The average molecular weight is 396 g/mol. The molecule has 1 aliphatic carbocycles. The van der Waals surface area contributed by atoms with Crippen molar-refractivity contribution in [3.63, 3.8) is 0 Å². The van der Waals surface area contributed by atoms with Gasteiger partial charge in [0.2, 0.25) is 0 Å². The third kappa shape index (κ3) is 8.23. The first-order valence-corrected chi connectivity index (χ1v) is 9.92. The molecule has 0 unspecified atom stereocenters. The second-order valence-electron chi connectivity index (χ2n) is 7.20. The number of ether oxygens (including phenoxy) is 3. The van der Waals surface area contributed by atoms with E-state index in [1.54, 1.807) is 6.08 Å². The molecule has 0 saturated heterocycles. The summed E-state index contributed by atoms with van der Waals surface area (Å²) in [4.78, 5) is 45.5. The number of carbonyl (C=O) groups excluding carboxylic acids is 4. The molecule has 0 aliphatic heterocycles. The molecule has 0 spiro atoms. The van der Waals surface area contributed by atoms with Gasteiger partial charge in [0, 0.05) is 45.4 Å². The van der Waals surface area contributed by atoms with Crippen molar-refractivity contribution < 1.29 is 33.4 Å². The van der Waals surface area contributed by atoms with E-state index in [2.05, 4.69) is 6.92 Å². The zero-order valence-corrected chi connectivity index (χ0v) is 17.2. The highest BCUT2D eigenvalue weighted by molar-refractivity contribution is 5.67. The monoisotopic (exact) mass is 396 g/mol. The molecule has 7 nitrogen and oxygen atoms in total. The largest absolute Gasteiger partial charge is 0.462 e. The van der Waals surface area contributed by atoms with Gasteiger partial charge in [-0.3, -0.25) is 14.4 Å². The van der Waals surface area contributed by atoms with E-state index >= 15 is 0 Å². The van der Waals surface area contributed by atoms with Crippen LogP contribution < -0.4 is 0 Å². The second kappa shape index (κ2) is 12.3. The van der Waals surface area contributed by atoms with Crippen molar-refractivity contribution in [1.29, 1.82) is 0 Å². The van der Waals surface area contributed by atoms with Crippen molar-refractivity contribution in [3.8, 4) is 0 Å². The van der Waals surface area contributed by atoms with Crippen LogP contribution in [0.15, 0.2) is 12.2 Å². The van der Waals surface area contributed by atoms with Gasteiger partial charge in [-0.25, -0.2) is 0 Å². The first-order valence-electron chi connectivity index (χ1n) is 9.92. The lowest BCUT2D eigenvalue weighted by molar-refractivity contribution is -0.149. The molecule has 0 heterocycles. The zero-order chi connectivity index (χ0) is 21.1. The minimum absolute atomic E-state index is 0.179. The summed E-state index contributed by atoms with van der Waals surface area (Å²) in [5.41, 5.74) is 0. The molecule has 1 rings (SSSR count). The molecule has 5 atom stereocenters. The molecule has 0 radical (unpaired) electrons. The molecule has 1 saturated carbocycles. The zero-order valence-electron chi connectivity index (χ0n) is 17.2. The Morgan fingerprint density at radius 1 is 1.00 bits per heavy atom. The molecule has 7 heteroatoms. The van der Waals surface area contributed by atoms with Crippen LogP contribution in [0.1, 0.15) is 66.2 Å². The van der Waals surface area contributed by atoms with Gasteiger partial charge in [0.05, 0.1) is 0 Å². The van der Waals surface area contributed by atoms with Crippen LogP contribution in [-0.2, 0) is 33.4 Å². The van der Waals surface area contributed by atoms with Crippen molar-refractivity contribution >= 4 is 24.2 Å². The lowest BCUT2D eigenvalue weighted by Crippen LogP contribution is -2.26. The highest BCUT2D eigenvalue weighted by Gasteiger charge is 2.45. The van der Waals surface area contributed by atoms with Gasteiger partial charge in [-0.2, -0.15) is 0 Å². The van der Waals surface area contributed by atoms with Crippen LogP contribution in [0.2, 0.25) is 0 Å². The minimum Gasteiger partial charge on any atom is -0.462 e. The molecule has 0 bridgehead atoms. The Morgan fingerprint density at radius 2 is 1.64 bits per heavy atom. The van der Waals surface area contributed by atoms with Crippen LogP contribution in [-0.4, -0.2) is 42.5 Å². The molecular weight excluding hydrogens is 364 g/mol. The van der Waals surface area contributed by atoms with E-state index in [1.807, 2.05) is 6.08 Å². The van der Waals surface area contributed by atoms with Crippen molar-refractivity contribution in [1.82, 2.24) is 0 Å². The second-order valence-corrected chi connectivity index (χ2v) is 7.20. The fourth-order valence-corrected chi connectivity index (χ4v) is 3.72. The van der Waals surface area contributed by atoms with E-state index in [9.17, 15) is 19.2 Å². The van der Waals surface area contributed by atoms with Crippen LogP contribution >= 0.6 is 0 Å². The summed E-state index contributed by atoms with van der Waals surface area (Å²) < 4.78 is 16.2. The Bertz CT molecular complexity index is 569. The molecule has 0 aromatic carbocycles. The Labute approximate surface area is 166 Å². The third-order valence-electron chi connectivity index (χ3n) is 4.83. The van der Waals surface area contributed by atoms with Gasteiger partial charge in [0.15, 0.2) is 0 Å². The first kappa shape index (κ1) is 23.9. The molecule has 0 aromatic rings. The topological polar surface area (TPSA) is 96.0 Å². The predicted octanol–water partition coefficient (Wildman–Crippen LogP) is 3.14. The molecule has 1 fully saturated rings. The number of hydrogen-bond donors (Lipinski definition) is 0. The highest BCUT2D eigenvalue weighted by atomic mass is 16.6. The number of hydrogen-bond acceptors (Lipinski definition) is 7. The van der Waals surface area contributed by atoms with Crippen molar-refractivity contribution in [3.05, 3.63) is 12.2 Å². The summed E-state index contributed by atoms with van der Waals surface area (Å²) >= 11 is 0. The average Bonchev–Trinajstić information content (AvgIpc) is 2.87. The Morgan fingerprint density at radius 3 is 2.18 bits per heavy atom. The summed E-state index contributed by atoms with van der Waals surface area (Å²) in [5.74, 6) is -1.84. The summed E-state index contributed by atoms with van der Waals surface area (Å²) in [5, 5.41) is 0. The van der Waals surface area contributed by atoms with Gasteiger partial charge in [-0.1, -0.05) is 25.8 Å². The molecule has 158 valence electrons. The smallest absolute Gasteiger partial charge is 0.303 e. The van der Waals surface area contributed by atoms with E-state index in [1.165, 1.54) is 20.8 Å². The van der Waals surface area contributed by atoms with E-state index in [-0.39, 0.29) is 30.3 Å². The van der Waals surface area contributed by atoms with Crippen LogP contribution in [0.5, 0.6) is 0 Å². The van der Waals surface area contributed by atoms with Gasteiger partial charge in [0.1, 0.15) is 24.6 Å². The van der Waals surface area contributed by atoms with Crippen LogP contribution in [0.3, 0.4) is 0 Å². The molecule has 0 N–H and O–H groups in total. The van der Waals surface area contributed by atoms with Crippen molar-refractivity contribution in [2.75, 3.05) is 0 Å². The fourth-order valence-electron chi connectivity index (χ4n) is 3.72. The molecule has 0 amide bonds. The van der Waals surface area contributed by atoms with Crippen LogP contribution in [0.25, 0.3) is 0 Å². The van der Waals surface area contributed by atoms with Gasteiger partial charge in [-0.05, 0) is 18.9 Å². The first-order chi connectivity index (χ1) is 13.3. The Balaban J connectivity index is 3.02. The summed E-state index contributed by atoms with van der Waals surface area (Å²) in [6.07, 6.45) is 7.24. The van der Waals surface area contributed by atoms with Crippen molar-refractivity contribution in [2.24, 2.45) is 11.8 Å². The van der Waals surface area contributed by atoms with Crippen LogP contribution in [0, 0.1) is 11.8 Å². The minimum atomic E-state index is -0.506. The summed E-state index contributed by atoms with van der Waals surface area (Å²) in [7, 11) is 0. The highest BCUT2D eigenvalue weighted by Crippen LogP contribution is 2.39. The SMILES string of the molecule is CCCCC[C@H](/C=C/[C@@H]1[C@@H](CC=O)[C@@H](OC(C)=O)C[C@H]1OC(C)=O)OC(C)=O. The summed E-state index contributed by atoms with van der Waals surface area (Å²) in [6, 6.07) is 0. The van der Waals surface area contributed by atoms with E-state index in [0.717, 1.165) is 25.5 Å². The maximum absolute atomic E-state index is 11.5. The van der Waals surface area contributed by atoms with E-state index in [4.69, 9.17) is 14.2 Å². The quantitative estimate of drug-likeness (QED) is 0.174. The Kier molecular flexibility index (Phi) is 10.5. The standard InChI is InChI=1S/C21H32O7/c1-5-6-7-8-17(26-14(2)23)9-10-18-19(11-12-22)21(28-16(4)25)13-20(18)27-15(3)24/h9-10,12,17-21H,5-8,11,13H2,1-4H3/b10-9+/t17-,18-,19-,20-,21+/m1/s1. The lowest BCUT2D eigenvalue weighted by atomic mass is 9.90.